The molecule has 1 saturated heterocycles. The second kappa shape index (κ2) is 9.56. The molecule has 1 aliphatic rings. The van der Waals surface area contributed by atoms with E-state index in [0.717, 1.165) is 12.5 Å². The Morgan fingerprint density at radius 2 is 1.83 bits per heavy atom. The minimum atomic E-state index is -4.93. The number of ether oxygens (including phenoxy) is 1. The Kier molecular flexibility index (Phi) is 6.53. The number of alkyl halides is 3. The summed E-state index contributed by atoms with van der Waals surface area (Å²) < 4.78 is 44.7. The first-order valence-electron chi connectivity index (χ1n) is 10.5. The number of aromatic nitrogens is 5. The van der Waals surface area contributed by atoms with Gasteiger partial charge in [-0.2, -0.15) is 0 Å². The first-order chi connectivity index (χ1) is 16.6. The van der Waals surface area contributed by atoms with Crippen LogP contribution >= 0.6 is 0 Å². The van der Waals surface area contributed by atoms with Crippen LogP contribution in [-0.4, -0.2) is 56.5 Å². The average Bonchev–Trinajstić information content (AvgIpc) is 3.42. The van der Waals surface area contributed by atoms with Crippen LogP contribution in [0.4, 0.5) is 30.5 Å². The van der Waals surface area contributed by atoms with Crippen LogP contribution in [0.25, 0.3) is 11.3 Å². The molecule has 4 rings (SSSR count). The number of carbonyl (C=O) groups excluding carboxylic acids is 2. The predicted octanol–water partition coefficient (Wildman–Crippen LogP) is 3.00. The number of nitrogens with one attached hydrogen (secondary N) is 2. The Bertz CT molecular complexity index is 1230. The van der Waals surface area contributed by atoms with Crippen LogP contribution in [0.5, 0.6) is 5.75 Å². The van der Waals surface area contributed by atoms with Gasteiger partial charge in [0.05, 0.1) is 29.2 Å². The van der Waals surface area contributed by atoms with E-state index in [2.05, 4.69) is 35.9 Å². The molecule has 1 aromatic carbocycles. The van der Waals surface area contributed by atoms with Gasteiger partial charge in [0, 0.05) is 26.9 Å². The van der Waals surface area contributed by atoms with Gasteiger partial charge in [0.25, 0.3) is 0 Å². The van der Waals surface area contributed by atoms with Crippen molar-refractivity contribution >= 4 is 29.1 Å². The molecule has 1 fully saturated rings. The van der Waals surface area contributed by atoms with Crippen molar-refractivity contribution in [3.63, 3.8) is 0 Å². The van der Waals surface area contributed by atoms with Gasteiger partial charge in [-0.25, -0.2) is 4.68 Å². The van der Waals surface area contributed by atoms with E-state index in [1.165, 1.54) is 32.0 Å². The first kappa shape index (κ1) is 23.9. The molecule has 0 aliphatic carbocycles. The van der Waals surface area contributed by atoms with E-state index in [1.807, 2.05) is 4.90 Å². The van der Waals surface area contributed by atoms with Gasteiger partial charge >= 0.3 is 6.36 Å². The predicted molar refractivity (Wildman–Crippen MR) is 119 cm³/mol. The summed E-state index contributed by atoms with van der Waals surface area (Å²) in [5, 5.41) is 21.4. The van der Waals surface area contributed by atoms with Gasteiger partial charge in [-0.05, 0) is 30.7 Å². The highest BCUT2D eigenvalue weighted by Gasteiger charge is 2.33. The SMILES string of the molecule is CC(=O)Nc1cn(C2CCN(c3ccc(-c4c(NC(C)=O)cccc4OC(F)(F)F)nn3)C2)nn1. The van der Waals surface area contributed by atoms with Gasteiger partial charge in [-0.15, -0.1) is 28.5 Å². The van der Waals surface area contributed by atoms with E-state index >= 15 is 0 Å². The number of nitrogens with zero attached hydrogens (tertiary/aromatic N) is 6. The van der Waals surface area contributed by atoms with E-state index < -0.39 is 18.0 Å². The second-order valence-corrected chi connectivity index (χ2v) is 7.84. The highest BCUT2D eigenvalue weighted by molar-refractivity contribution is 5.95. The highest BCUT2D eigenvalue weighted by Crippen LogP contribution is 2.39. The third-order valence-electron chi connectivity index (χ3n) is 5.15. The fourth-order valence-electron chi connectivity index (χ4n) is 3.78. The van der Waals surface area contributed by atoms with Crippen LogP contribution in [0.1, 0.15) is 26.3 Å². The van der Waals surface area contributed by atoms with Crippen molar-refractivity contribution in [2.75, 3.05) is 28.6 Å². The topological polar surface area (TPSA) is 127 Å². The highest BCUT2D eigenvalue weighted by atomic mass is 19.4. The number of hydrogen-bond donors (Lipinski definition) is 2. The molecule has 3 aromatic rings. The lowest BCUT2D eigenvalue weighted by molar-refractivity contribution is -0.274. The minimum absolute atomic E-state index is 0.0150. The van der Waals surface area contributed by atoms with Crippen LogP contribution in [0.2, 0.25) is 0 Å². The van der Waals surface area contributed by atoms with E-state index in [-0.39, 0.29) is 28.9 Å². The van der Waals surface area contributed by atoms with Gasteiger partial charge in [-0.1, -0.05) is 11.3 Å². The number of halogens is 3. The summed E-state index contributed by atoms with van der Waals surface area (Å²) in [4.78, 5) is 24.7. The molecular weight excluding hydrogens is 469 g/mol. The van der Waals surface area contributed by atoms with Crippen molar-refractivity contribution in [1.82, 2.24) is 25.2 Å². The maximum absolute atomic E-state index is 13.0. The number of hydrogen-bond acceptors (Lipinski definition) is 8. The van der Waals surface area contributed by atoms with E-state index in [4.69, 9.17) is 0 Å². The lowest BCUT2D eigenvalue weighted by Crippen LogP contribution is -2.22. The number of anilines is 3. The number of carbonyl (C=O) groups is 2. The van der Waals surface area contributed by atoms with Crippen molar-refractivity contribution in [2.24, 2.45) is 0 Å². The normalized spacial score (nSPS) is 15.7. The molecule has 14 heteroatoms. The lowest BCUT2D eigenvalue weighted by Gasteiger charge is -2.18. The van der Waals surface area contributed by atoms with Crippen molar-refractivity contribution in [3.05, 3.63) is 36.5 Å². The van der Waals surface area contributed by atoms with Gasteiger partial charge in [-0.3, -0.25) is 9.59 Å². The zero-order chi connectivity index (χ0) is 25.2. The lowest BCUT2D eigenvalue weighted by atomic mass is 10.1. The summed E-state index contributed by atoms with van der Waals surface area (Å²) in [6, 6.07) is 7.07. The van der Waals surface area contributed by atoms with Gasteiger partial charge in [0.15, 0.2) is 11.6 Å². The molecule has 2 aromatic heterocycles. The average molecular weight is 490 g/mol. The van der Waals surface area contributed by atoms with E-state index in [0.29, 0.717) is 24.7 Å². The summed E-state index contributed by atoms with van der Waals surface area (Å²) in [6.07, 6.45) is -2.55. The van der Waals surface area contributed by atoms with Crippen LogP contribution in [0, 0.1) is 0 Å². The Balaban J connectivity index is 1.55. The Labute approximate surface area is 197 Å². The zero-order valence-electron chi connectivity index (χ0n) is 18.7. The van der Waals surface area contributed by atoms with Crippen molar-refractivity contribution < 1.29 is 27.5 Å². The fraction of sp³-hybridized carbons (Fsp3) is 0.333. The van der Waals surface area contributed by atoms with Crippen LogP contribution in [-0.2, 0) is 9.59 Å². The number of benzene rings is 1. The molecule has 1 aliphatic heterocycles. The van der Waals surface area contributed by atoms with Crippen molar-refractivity contribution in [2.45, 2.75) is 32.7 Å². The molecule has 35 heavy (non-hydrogen) atoms. The monoisotopic (exact) mass is 490 g/mol. The Morgan fingerprint density at radius 1 is 1.06 bits per heavy atom. The van der Waals surface area contributed by atoms with Crippen molar-refractivity contribution in [3.8, 4) is 17.0 Å². The smallest absolute Gasteiger partial charge is 0.405 e. The molecule has 1 unspecified atom stereocenters. The standard InChI is InChI=1S/C21H21F3N8O3/c1-12(33)25-15-4-3-5-17(35-21(22,23)24)20(15)16-6-7-19(29-27-16)31-9-8-14(10-31)32-11-18(28-30-32)26-13(2)34/h3-7,11,14H,8-10H2,1-2H3,(H,25,33)(H,26,34). The zero-order valence-corrected chi connectivity index (χ0v) is 18.7. The second-order valence-electron chi connectivity index (χ2n) is 7.84. The molecule has 0 radical (unpaired) electrons. The van der Waals surface area contributed by atoms with E-state index in [1.54, 1.807) is 16.9 Å². The maximum atomic E-state index is 13.0. The summed E-state index contributed by atoms with van der Waals surface area (Å²) in [7, 11) is 0. The molecule has 2 amide bonds. The largest absolute Gasteiger partial charge is 0.573 e. The Morgan fingerprint density at radius 3 is 2.49 bits per heavy atom. The van der Waals surface area contributed by atoms with Crippen LogP contribution in [0.15, 0.2) is 36.5 Å². The molecule has 2 N–H and O–H groups in total. The molecule has 0 spiro atoms. The van der Waals surface area contributed by atoms with Gasteiger partial charge in [0.2, 0.25) is 11.8 Å². The summed E-state index contributed by atoms with van der Waals surface area (Å²) in [6.45, 7) is 3.81. The minimum Gasteiger partial charge on any atom is -0.405 e. The molecule has 3 heterocycles. The van der Waals surface area contributed by atoms with Crippen LogP contribution in [0.3, 0.4) is 0 Å². The quantitative estimate of drug-likeness (QED) is 0.540. The molecule has 0 bridgehead atoms. The molecule has 1 atom stereocenters. The number of rotatable bonds is 6. The van der Waals surface area contributed by atoms with Crippen LogP contribution < -0.4 is 20.3 Å². The Hall–Kier alpha value is -4.23. The third-order valence-corrected chi connectivity index (χ3v) is 5.15. The molecule has 0 saturated carbocycles. The summed E-state index contributed by atoms with van der Waals surface area (Å²) in [5.41, 5.74) is 0.180. The first-order valence-corrected chi connectivity index (χ1v) is 10.5. The van der Waals surface area contributed by atoms with Crippen molar-refractivity contribution in [1.29, 1.82) is 0 Å². The summed E-state index contributed by atoms with van der Waals surface area (Å²) in [5.74, 6) is -0.334. The number of amides is 2. The summed E-state index contributed by atoms with van der Waals surface area (Å²) >= 11 is 0. The van der Waals surface area contributed by atoms with Gasteiger partial charge in [0.1, 0.15) is 5.75 Å². The third kappa shape index (κ3) is 5.83. The molecule has 184 valence electrons. The maximum Gasteiger partial charge on any atom is 0.573 e. The molecular formula is C21H21F3N8O3. The molecule has 11 nitrogen and oxygen atoms in total. The fourth-order valence-corrected chi connectivity index (χ4v) is 3.78. The van der Waals surface area contributed by atoms with E-state index in [9.17, 15) is 22.8 Å². The van der Waals surface area contributed by atoms with Gasteiger partial charge < -0.3 is 20.3 Å².